The molecular formula is C22H17ClIN5. The van der Waals surface area contributed by atoms with Crippen molar-refractivity contribution in [2.75, 3.05) is 5.32 Å². The summed E-state index contributed by atoms with van der Waals surface area (Å²) in [7, 11) is 0. The molecule has 0 saturated carbocycles. The average molecular weight is 514 g/mol. The number of anilines is 2. The van der Waals surface area contributed by atoms with Gasteiger partial charge in [0.1, 0.15) is 12.1 Å². The van der Waals surface area contributed by atoms with E-state index >= 15 is 0 Å². The normalized spacial score (nSPS) is 10.8. The summed E-state index contributed by atoms with van der Waals surface area (Å²) in [5, 5.41) is 10.1. The van der Waals surface area contributed by atoms with Gasteiger partial charge >= 0.3 is 0 Å². The van der Waals surface area contributed by atoms with Crippen LogP contribution >= 0.6 is 35.0 Å². The first-order valence-corrected chi connectivity index (χ1v) is 10.0. The second-order valence-corrected chi connectivity index (χ2v) is 7.82. The van der Waals surface area contributed by atoms with Crippen LogP contribution in [0.5, 0.6) is 0 Å². The Morgan fingerprint density at radius 1 is 0.931 bits per heavy atom. The molecule has 2 aromatic heterocycles. The minimum absolute atomic E-state index is 0. The first-order valence-electron chi connectivity index (χ1n) is 8.93. The summed E-state index contributed by atoms with van der Waals surface area (Å²) in [4.78, 5) is 8.80. The molecule has 5 rings (SSSR count). The van der Waals surface area contributed by atoms with E-state index in [0.29, 0.717) is 0 Å². The molecule has 7 heteroatoms. The van der Waals surface area contributed by atoms with Crippen LogP contribution in [0.25, 0.3) is 21.8 Å². The molecule has 29 heavy (non-hydrogen) atoms. The number of nitrogens with zero attached hydrogens (tertiary/aromatic N) is 4. The fourth-order valence-electron chi connectivity index (χ4n) is 3.31. The number of hydrogen-bond donors (Lipinski definition) is 1. The van der Waals surface area contributed by atoms with Crippen LogP contribution < -0.4 is 5.32 Å². The number of rotatable bonds is 4. The van der Waals surface area contributed by atoms with E-state index in [-0.39, 0.29) is 12.4 Å². The van der Waals surface area contributed by atoms with Gasteiger partial charge in [0.25, 0.3) is 0 Å². The highest BCUT2D eigenvalue weighted by molar-refractivity contribution is 14.1. The van der Waals surface area contributed by atoms with Gasteiger partial charge in [-0.1, -0.05) is 30.3 Å². The molecule has 0 spiro atoms. The summed E-state index contributed by atoms with van der Waals surface area (Å²) < 4.78 is 3.18. The Labute approximate surface area is 187 Å². The summed E-state index contributed by atoms with van der Waals surface area (Å²) >= 11 is 2.29. The van der Waals surface area contributed by atoms with Gasteiger partial charge in [0, 0.05) is 20.0 Å². The molecular weight excluding hydrogens is 497 g/mol. The molecule has 1 N–H and O–H groups in total. The smallest absolute Gasteiger partial charge is 0.141 e. The molecule has 3 aromatic carbocycles. The molecule has 5 aromatic rings. The van der Waals surface area contributed by atoms with E-state index in [1.54, 1.807) is 6.33 Å². The first kappa shape index (κ1) is 19.6. The number of aromatic nitrogens is 4. The van der Waals surface area contributed by atoms with Gasteiger partial charge in [0.05, 0.1) is 23.8 Å². The standard InChI is InChI=1S/C22H16IN5.ClH/c23-17-6-8-19-20(11-17)24-14-25-22(19)27-18-7-9-21-16(10-18)12-26-28(21)13-15-4-2-1-3-5-15;/h1-12,14H,13H2,(H,24,25,27);1H. The van der Waals surface area contributed by atoms with Crippen molar-refractivity contribution in [3.63, 3.8) is 0 Å². The lowest BCUT2D eigenvalue weighted by molar-refractivity contribution is 0.712. The monoisotopic (exact) mass is 513 g/mol. The van der Waals surface area contributed by atoms with Gasteiger partial charge in [-0.3, -0.25) is 4.68 Å². The van der Waals surface area contributed by atoms with Crippen molar-refractivity contribution in [1.29, 1.82) is 0 Å². The Balaban J connectivity index is 0.00000205. The fraction of sp³-hybridized carbons (Fsp3) is 0.0455. The topological polar surface area (TPSA) is 55.6 Å². The van der Waals surface area contributed by atoms with Crippen LogP contribution in [0.15, 0.2) is 79.3 Å². The second kappa shape index (κ2) is 8.34. The maximum absolute atomic E-state index is 4.56. The zero-order chi connectivity index (χ0) is 18.9. The lowest BCUT2D eigenvalue weighted by Gasteiger charge is -2.09. The molecule has 0 amide bonds. The van der Waals surface area contributed by atoms with Crippen LogP contribution in [-0.2, 0) is 6.54 Å². The Kier molecular flexibility index (Phi) is 5.64. The third-order valence-electron chi connectivity index (χ3n) is 4.68. The number of benzene rings is 3. The van der Waals surface area contributed by atoms with Crippen molar-refractivity contribution in [1.82, 2.24) is 19.7 Å². The van der Waals surface area contributed by atoms with Crippen molar-refractivity contribution in [3.05, 3.63) is 88.4 Å². The van der Waals surface area contributed by atoms with Crippen LogP contribution in [-0.4, -0.2) is 19.7 Å². The van der Waals surface area contributed by atoms with E-state index in [0.717, 1.165) is 43.4 Å². The van der Waals surface area contributed by atoms with Gasteiger partial charge in [-0.2, -0.15) is 5.10 Å². The van der Waals surface area contributed by atoms with Crippen molar-refractivity contribution in [3.8, 4) is 0 Å². The molecule has 0 aliphatic heterocycles. The van der Waals surface area contributed by atoms with Gasteiger partial charge in [0.15, 0.2) is 0 Å². The minimum atomic E-state index is 0. The molecule has 0 saturated heterocycles. The SMILES string of the molecule is Cl.Ic1ccc2c(Nc3ccc4c(cnn4Cc4ccccc4)c3)ncnc2c1. The number of hydrogen-bond acceptors (Lipinski definition) is 4. The lowest BCUT2D eigenvalue weighted by Crippen LogP contribution is -2.01. The molecule has 0 atom stereocenters. The Bertz CT molecular complexity index is 1290. The third kappa shape index (κ3) is 4.04. The number of nitrogens with one attached hydrogen (secondary N) is 1. The van der Waals surface area contributed by atoms with Crippen LogP contribution in [0.4, 0.5) is 11.5 Å². The highest BCUT2D eigenvalue weighted by Gasteiger charge is 2.08. The largest absolute Gasteiger partial charge is 0.340 e. The van der Waals surface area contributed by atoms with Crippen LogP contribution in [0.3, 0.4) is 0 Å². The van der Waals surface area contributed by atoms with Crippen molar-refractivity contribution in [2.24, 2.45) is 0 Å². The molecule has 0 bridgehead atoms. The maximum atomic E-state index is 4.56. The Hall–Kier alpha value is -2.71. The predicted octanol–water partition coefficient (Wildman–Crippen LogP) is 5.80. The van der Waals surface area contributed by atoms with E-state index in [1.165, 1.54) is 5.56 Å². The quantitative estimate of drug-likeness (QED) is 0.309. The average Bonchev–Trinajstić information content (AvgIpc) is 3.11. The zero-order valence-electron chi connectivity index (χ0n) is 15.3. The van der Waals surface area contributed by atoms with Crippen LogP contribution in [0.2, 0.25) is 0 Å². The minimum Gasteiger partial charge on any atom is -0.340 e. The molecule has 2 heterocycles. The molecule has 0 aliphatic rings. The summed E-state index contributed by atoms with van der Waals surface area (Å²) in [6, 6.07) is 22.8. The van der Waals surface area contributed by atoms with Crippen molar-refractivity contribution >= 4 is 68.3 Å². The van der Waals surface area contributed by atoms with E-state index in [9.17, 15) is 0 Å². The van der Waals surface area contributed by atoms with Crippen LogP contribution in [0, 0.1) is 3.57 Å². The van der Waals surface area contributed by atoms with E-state index < -0.39 is 0 Å². The Morgan fingerprint density at radius 3 is 2.66 bits per heavy atom. The summed E-state index contributed by atoms with van der Waals surface area (Å²) in [5.41, 5.74) is 4.25. The molecule has 0 unspecified atom stereocenters. The van der Waals surface area contributed by atoms with Gasteiger partial charge in [-0.15, -0.1) is 12.4 Å². The van der Waals surface area contributed by atoms with E-state index in [2.05, 4.69) is 104 Å². The van der Waals surface area contributed by atoms with E-state index in [1.807, 2.05) is 16.9 Å². The zero-order valence-corrected chi connectivity index (χ0v) is 18.3. The summed E-state index contributed by atoms with van der Waals surface area (Å²) in [6.07, 6.45) is 3.50. The molecule has 5 nitrogen and oxygen atoms in total. The van der Waals surface area contributed by atoms with Gasteiger partial charge in [-0.25, -0.2) is 9.97 Å². The van der Waals surface area contributed by atoms with Gasteiger partial charge in [0.2, 0.25) is 0 Å². The third-order valence-corrected chi connectivity index (χ3v) is 5.35. The molecule has 0 aliphatic carbocycles. The van der Waals surface area contributed by atoms with E-state index in [4.69, 9.17) is 0 Å². The molecule has 0 radical (unpaired) electrons. The first-order chi connectivity index (χ1) is 13.8. The number of fused-ring (bicyclic) bond motifs is 2. The predicted molar refractivity (Wildman–Crippen MR) is 128 cm³/mol. The Morgan fingerprint density at radius 2 is 1.79 bits per heavy atom. The van der Waals surface area contributed by atoms with Gasteiger partial charge < -0.3 is 5.32 Å². The highest BCUT2D eigenvalue weighted by Crippen LogP contribution is 2.26. The van der Waals surface area contributed by atoms with Crippen molar-refractivity contribution < 1.29 is 0 Å². The summed E-state index contributed by atoms with van der Waals surface area (Å²) in [5.74, 6) is 0.803. The fourth-order valence-corrected chi connectivity index (χ4v) is 3.79. The van der Waals surface area contributed by atoms with Crippen molar-refractivity contribution in [2.45, 2.75) is 6.54 Å². The number of halogens is 2. The molecule has 144 valence electrons. The van der Waals surface area contributed by atoms with Gasteiger partial charge in [-0.05, 0) is 64.6 Å². The van der Waals surface area contributed by atoms with Crippen LogP contribution in [0.1, 0.15) is 5.56 Å². The second-order valence-electron chi connectivity index (χ2n) is 6.57. The highest BCUT2D eigenvalue weighted by atomic mass is 127. The maximum Gasteiger partial charge on any atom is 0.141 e. The lowest BCUT2D eigenvalue weighted by atomic mass is 10.2. The summed E-state index contributed by atoms with van der Waals surface area (Å²) in [6.45, 7) is 0.756. The molecule has 0 fully saturated rings.